The van der Waals surface area contributed by atoms with Crippen LogP contribution in [-0.2, 0) is 20.6 Å². The number of hydrogen-bond acceptors (Lipinski definition) is 3. The lowest BCUT2D eigenvalue weighted by Crippen LogP contribution is -2.40. The SMILES string of the molecule is O=C(O)[C@@H]1CCCN1S(=O)(=O)Cc1ccccc1.S. The average Bonchev–Trinajstić information content (AvgIpc) is 2.79. The van der Waals surface area contributed by atoms with Crippen LogP contribution in [-0.4, -0.2) is 36.4 Å². The molecule has 0 radical (unpaired) electrons. The standard InChI is InChI=1S/C12H15NO4S.H2S/c14-12(15)11-7-4-8-13(11)18(16,17)9-10-5-2-1-3-6-10;/h1-3,5-6,11H,4,7-9H2,(H,14,15);1H2/t11-;/m0./s1. The highest BCUT2D eigenvalue weighted by atomic mass is 32.2. The highest BCUT2D eigenvalue weighted by molar-refractivity contribution is 7.88. The highest BCUT2D eigenvalue weighted by Crippen LogP contribution is 2.23. The van der Waals surface area contributed by atoms with E-state index in [4.69, 9.17) is 5.11 Å². The van der Waals surface area contributed by atoms with Gasteiger partial charge in [0, 0.05) is 6.54 Å². The summed E-state index contributed by atoms with van der Waals surface area (Å²) in [5.41, 5.74) is 0.675. The van der Waals surface area contributed by atoms with Crippen LogP contribution in [0.4, 0.5) is 0 Å². The van der Waals surface area contributed by atoms with Crippen LogP contribution in [0.25, 0.3) is 0 Å². The molecule has 0 bridgehead atoms. The summed E-state index contributed by atoms with van der Waals surface area (Å²) < 4.78 is 25.5. The Morgan fingerprint density at radius 1 is 1.32 bits per heavy atom. The van der Waals surface area contributed by atoms with Crippen molar-refractivity contribution in [1.82, 2.24) is 4.31 Å². The van der Waals surface area contributed by atoms with Crippen molar-refractivity contribution in [2.24, 2.45) is 0 Å². The summed E-state index contributed by atoms with van der Waals surface area (Å²) in [6.07, 6.45) is 0.994. The van der Waals surface area contributed by atoms with E-state index in [0.29, 0.717) is 24.9 Å². The van der Waals surface area contributed by atoms with Crippen LogP contribution in [0.2, 0.25) is 0 Å². The number of rotatable bonds is 4. The zero-order chi connectivity index (χ0) is 13.2. The van der Waals surface area contributed by atoms with Crippen molar-refractivity contribution < 1.29 is 18.3 Å². The first-order chi connectivity index (χ1) is 8.50. The van der Waals surface area contributed by atoms with Crippen LogP contribution in [0.3, 0.4) is 0 Å². The Morgan fingerprint density at radius 3 is 2.53 bits per heavy atom. The minimum atomic E-state index is -3.55. The molecule has 0 amide bonds. The third-order valence-electron chi connectivity index (χ3n) is 3.04. The zero-order valence-electron chi connectivity index (χ0n) is 10.3. The third-order valence-corrected chi connectivity index (χ3v) is 4.89. The minimum Gasteiger partial charge on any atom is -0.480 e. The van der Waals surface area contributed by atoms with Gasteiger partial charge in [-0.15, -0.1) is 0 Å². The lowest BCUT2D eigenvalue weighted by molar-refractivity contribution is -0.140. The van der Waals surface area contributed by atoms with E-state index in [1.54, 1.807) is 24.3 Å². The first kappa shape index (κ1) is 16.0. The smallest absolute Gasteiger partial charge is 0.322 e. The minimum absolute atomic E-state index is 0. The molecule has 106 valence electrons. The van der Waals surface area contributed by atoms with E-state index in [-0.39, 0.29) is 19.2 Å². The van der Waals surface area contributed by atoms with Crippen molar-refractivity contribution in [3.8, 4) is 0 Å². The molecule has 0 saturated carbocycles. The molecule has 7 heteroatoms. The summed E-state index contributed by atoms with van der Waals surface area (Å²) in [6.45, 7) is 0.298. The summed E-state index contributed by atoms with van der Waals surface area (Å²) in [4.78, 5) is 11.0. The summed E-state index contributed by atoms with van der Waals surface area (Å²) in [5.74, 6) is -1.21. The fourth-order valence-corrected chi connectivity index (χ4v) is 3.96. The molecule has 1 aromatic carbocycles. The molecule has 1 fully saturated rings. The Hall–Kier alpha value is -1.05. The molecule has 1 heterocycles. The van der Waals surface area contributed by atoms with Gasteiger partial charge in [-0.3, -0.25) is 4.79 Å². The third kappa shape index (κ3) is 3.71. The molecule has 19 heavy (non-hydrogen) atoms. The van der Waals surface area contributed by atoms with E-state index in [9.17, 15) is 13.2 Å². The molecule has 0 aliphatic carbocycles. The molecule has 1 N–H and O–H groups in total. The fourth-order valence-electron chi connectivity index (χ4n) is 2.19. The van der Waals surface area contributed by atoms with E-state index < -0.39 is 22.0 Å². The molecule has 0 aromatic heterocycles. The van der Waals surface area contributed by atoms with E-state index >= 15 is 0 Å². The molecule has 1 aromatic rings. The number of carboxylic acids is 1. The van der Waals surface area contributed by atoms with Crippen molar-refractivity contribution in [2.75, 3.05) is 6.54 Å². The molecule has 0 spiro atoms. The van der Waals surface area contributed by atoms with Gasteiger partial charge >= 0.3 is 5.97 Å². The van der Waals surface area contributed by atoms with Gasteiger partial charge in [0.15, 0.2) is 0 Å². The Labute approximate surface area is 119 Å². The maximum Gasteiger partial charge on any atom is 0.322 e. The number of carboxylic acid groups (broad SMARTS) is 1. The van der Waals surface area contributed by atoms with Gasteiger partial charge in [0.1, 0.15) is 6.04 Å². The van der Waals surface area contributed by atoms with Gasteiger partial charge in [0.05, 0.1) is 5.75 Å². The molecule has 0 unspecified atom stereocenters. The number of sulfonamides is 1. The van der Waals surface area contributed by atoms with Gasteiger partial charge in [-0.05, 0) is 18.4 Å². The Morgan fingerprint density at radius 2 is 1.95 bits per heavy atom. The maximum atomic E-state index is 12.2. The van der Waals surface area contributed by atoms with Gasteiger partial charge in [0.25, 0.3) is 0 Å². The fraction of sp³-hybridized carbons (Fsp3) is 0.417. The number of aliphatic carboxylic acids is 1. The highest BCUT2D eigenvalue weighted by Gasteiger charge is 2.38. The van der Waals surface area contributed by atoms with Crippen molar-refractivity contribution >= 4 is 29.5 Å². The van der Waals surface area contributed by atoms with Crippen LogP contribution in [0.1, 0.15) is 18.4 Å². The van der Waals surface area contributed by atoms with Crippen molar-refractivity contribution in [3.05, 3.63) is 35.9 Å². The van der Waals surface area contributed by atoms with Gasteiger partial charge in [-0.2, -0.15) is 17.8 Å². The normalized spacial score (nSPS) is 19.9. The molecular formula is C12H17NO4S2. The van der Waals surface area contributed by atoms with E-state index in [1.165, 1.54) is 0 Å². The largest absolute Gasteiger partial charge is 0.480 e. The zero-order valence-corrected chi connectivity index (χ0v) is 12.1. The predicted octanol–water partition coefficient (Wildman–Crippen LogP) is 1.18. The van der Waals surface area contributed by atoms with Gasteiger partial charge in [-0.25, -0.2) is 8.42 Å². The van der Waals surface area contributed by atoms with Crippen molar-refractivity contribution in [3.63, 3.8) is 0 Å². The second-order valence-corrected chi connectivity index (χ2v) is 6.27. The molecule has 1 aliphatic rings. The van der Waals surface area contributed by atoms with Crippen LogP contribution in [0.5, 0.6) is 0 Å². The Kier molecular flexibility index (Phi) is 5.39. The van der Waals surface area contributed by atoms with E-state index in [2.05, 4.69) is 0 Å². The van der Waals surface area contributed by atoms with E-state index in [1.807, 2.05) is 6.07 Å². The second kappa shape index (κ2) is 6.40. The molecule has 1 atom stereocenters. The predicted molar refractivity (Wildman–Crippen MR) is 76.8 cm³/mol. The number of hydrogen-bond donors (Lipinski definition) is 1. The van der Waals surface area contributed by atoms with Crippen LogP contribution in [0.15, 0.2) is 30.3 Å². The maximum absolute atomic E-state index is 12.2. The summed E-state index contributed by atoms with van der Waals surface area (Å²) in [7, 11) is -3.55. The molecule has 1 aliphatic heterocycles. The van der Waals surface area contributed by atoms with Gasteiger partial charge in [0.2, 0.25) is 10.0 Å². The van der Waals surface area contributed by atoms with Crippen molar-refractivity contribution in [1.29, 1.82) is 0 Å². The number of benzene rings is 1. The first-order valence-corrected chi connectivity index (χ1v) is 7.38. The Bertz CT molecular complexity index is 530. The van der Waals surface area contributed by atoms with Gasteiger partial charge in [-0.1, -0.05) is 30.3 Å². The number of carbonyl (C=O) groups is 1. The van der Waals surface area contributed by atoms with E-state index in [0.717, 1.165) is 4.31 Å². The molecule has 5 nitrogen and oxygen atoms in total. The summed E-state index contributed by atoms with van der Waals surface area (Å²) >= 11 is 0. The van der Waals surface area contributed by atoms with Crippen LogP contribution >= 0.6 is 13.5 Å². The molecule has 1 saturated heterocycles. The molecular weight excluding hydrogens is 286 g/mol. The Balaban J connectivity index is 0.00000180. The average molecular weight is 303 g/mol. The summed E-state index contributed by atoms with van der Waals surface area (Å²) in [5, 5.41) is 9.01. The lowest BCUT2D eigenvalue weighted by Gasteiger charge is -2.20. The lowest BCUT2D eigenvalue weighted by atomic mass is 10.2. The summed E-state index contributed by atoms with van der Waals surface area (Å²) in [6, 6.07) is 7.89. The quantitative estimate of drug-likeness (QED) is 0.906. The number of nitrogens with zero attached hydrogens (tertiary/aromatic N) is 1. The van der Waals surface area contributed by atoms with Crippen LogP contribution < -0.4 is 0 Å². The first-order valence-electron chi connectivity index (χ1n) is 5.77. The van der Waals surface area contributed by atoms with Crippen LogP contribution in [0, 0.1) is 0 Å². The van der Waals surface area contributed by atoms with Crippen molar-refractivity contribution in [2.45, 2.75) is 24.6 Å². The monoisotopic (exact) mass is 303 g/mol. The molecule has 2 rings (SSSR count). The second-order valence-electron chi connectivity index (χ2n) is 4.35. The topological polar surface area (TPSA) is 74.7 Å². The van der Waals surface area contributed by atoms with Gasteiger partial charge < -0.3 is 5.11 Å².